The molecule has 1 aromatic carbocycles. The Kier molecular flexibility index (Phi) is 8.97. The van der Waals surface area contributed by atoms with Crippen molar-refractivity contribution in [2.75, 3.05) is 13.8 Å². The quantitative estimate of drug-likeness (QED) is 0.239. The Hall–Kier alpha value is -2.05. The van der Waals surface area contributed by atoms with Crippen molar-refractivity contribution in [2.45, 2.75) is 6.61 Å². The molecule has 3 N–H and O–H groups in total. The molecule has 0 saturated carbocycles. The minimum atomic E-state index is -0.301. The van der Waals surface area contributed by atoms with Gasteiger partial charge in [0.25, 0.3) is 0 Å². The molecule has 0 unspecified atom stereocenters. The van der Waals surface area contributed by atoms with Gasteiger partial charge < -0.3 is 15.4 Å². The molecule has 1 rings (SSSR count). The Balaban J connectivity index is 0.00000137. The molecule has 0 fully saturated rings. The molecule has 98 valence electrons. The van der Waals surface area contributed by atoms with Crippen molar-refractivity contribution in [3.63, 3.8) is 0 Å². The van der Waals surface area contributed by atoms with E-state index in [2.05, 4.69) is 22.2 Å². The second-order valence-electron chi connectivity index (χ2n) is 2.96. The Morgan fingerprint density at radius 1 is 1.39 bits per heavy atom. The number of hydrogen-bond donors (Lipinski definition) is 3. The summed E-state index contributed by atoms with van der Waals surface area (Å²) in [6.07, 6.45) is 0. The van der Waals surface area contributed by atoms with Crippen molar-refractivity contribution < 1.29 is 24.3 Å². The molecule has 2 amide bonds. The van der Waals surface area contributed by atoms with Gasteiger partial charge >= 0.3 is 17.3 Å². The molecule has 0 aromatic heterocycles. The Morgan fingerprint density at radius 3 is 2.50 bits per heavy atom. The van der Waals surface area contributed by atoms with Gasteiger partial charge in [-0.15, -0.1) is 0 Å². The van der Waals surface area contributed by atoms with Gasteiger partial charge in [0, 0.05) is 7.05 Å². The van der Waals surface area contributed by atoms with E-state index in [0.29, 0.717) is 5.75 Å². The second kappa shape index (κ2) is 10.1. The van der Waals surface area contributed by atoms with E-state index in [9.17, 15) is 4.79 Å². The second-order valence-corrected chi connectivity index (χ2v) is 2.96. The van der Waals surface area contributed by atoms with Gasteiger partial charge in [0.1, 0.15) is 12.4 Å². The molecule has 18 heavy (non-hydrogen) atoms. The number of rotatable bonds is 5. The van der Waals surface area contributed by atoms with Crippen LogP contribution in [0.3, 0.4) is 0 Å². The molecule has 0 radical (unpaired) electrons. The maximum absolute atomic E-state index is 10.8. The molecule has 7 nitrogen and oxygen atoms in total. The number of carbonyl (C=O) groups is 1. The number of ether oxygens (including phenoxy) is 1. The number of urea groups is 1. The minimum absolute atomic E-state index is 0.0928. The molecular formula is C11H14N2O5. The molecule has 0 heterocycles. The van der Waals surface area contributed by atoms with E-state index in [1.54, 1.807) is 24.3 Å². The molecule has 0 atom stereocenters. The van der Waals surface area contributed by atoms with Crippen molar-refractivity contribution in [2.24, 2.45) is 0 Å². The normalized spacial score (nSPS) is 8.67. The zero-order valence-electron chi connectivity index (χ0n) is 9.80. The van der Waals surface area contributed by atoms with Gasteiger partial charge in [0.15, 0.2) is 6.73 Å². The van der Waals surface area contributed by atoms with Crippen LogP contribution in [-0.4, -0.2) is 25.1 Å². The number of carbonyl (C=O) groups excluding carboxylic acids is 1. The van der Waals surface area contributed by atoms with Gasteiger partial charge in [-0.05, 0) is 17.7 Å². The van der Waals surface area contributed by atoms with Gasteiger partial charge in [-0.25, -0.2) is 9.68 Å². The Morgan fingerprint density at radius 2 is 2.00 bits per heavy atom. The first-order valence-corrected chi connectivity index (χ1v) is 4.90. The van der Waals surface area contributed by atoms with E-state index in [1.807, 2.05) is 0 Å². The summed E-state index contributed by atoms with van der Waals surface area (Å²) in [7, 11) is 1.53. The number of amides is 2. The SMILES string of the molecule is CNC(=O)NCOc1ccc(COO)cc1.[C-]#[O+]. The number of benzene rings is 1. The summed E-state index contributed by atoms with van der Waals surface area (Å²) in [4.78, 5) is 14.8. The Bertz CT molecular complexity index is 363. The summed E-state index contributed by atoms with van der Waals surface area (Å²) in [6.45, 7) is 4.73. The van der Waals surface area contributed by atoms with Crippen molar-refractivity contribution in [1.29, 1.82) is 0 Å². The predicted molar refractivity (Wildman–Crippen MR) is 60.9 cm³/mol. The Labute approximate surface area is 104 Å². The third kappa shape index (κ3) is 6.51. The monoisotopic (exact) mass is 254 g/mol. The predicted octanol–water partition coefficient (Wildman–Crippen LogP) is 0.904. The van der Waals surface area contributed by atoms with Crippen molar-refractivity contribution in [1.82, 2.24) is 10.6 Å². The zero-order valence-corrected chi connectivity index (χ0v) is 9.80. The molecule has 7 heteroatoms. The summed E-state index contributed by atoms with van der Waals surface area (Å²) in [5.74, 6) is 0.623. The van der Waals surface area contributed by atoms with Crippen LogP contribution < -0.4 is 15.4 Å². The van der Waals surface area contributed by atoms with Crippen LogP contribution in [0.25, 0.3) is 0 Å². The van der Waals surface area contributed by atoms with Crippen molar-refractivity contribution >= 4 is 6.03 Å². The summed E-state index contributed by atoms with van der Waals surface area (Å²) < 4.78 is 12.7. The van der Waals surface area contributed by atoms with E-state index in [-0.39, 0.29) is 19.4 Å². The molecule has 0 saturated heterocycles. The first kappa shape index (κ1) is 16.0. The van der Waals surface area contributed by atoms with Gasteiger partial charge in [-0.3, -0.25) is 5.26 Å². The van der Waals surface area contributed by atoms with Gasteiger partial charge in [0.2, 0.25) is 0 Å². The fourth-order valence-corrected chi connectivity index (χ4v) is 1.03. The third-order valence-corrected chi connectivity index (χ3v) is 1.85. The first-order valence-electron chi connectivity index (χ1n) is 4.90. The molecule has 0 spiro atoms. The van der Waals surface area contributed by atoms with Gasteiger partial charge in [0.05, 0.1) is 0 Å². The van der Waals surface area contributed by atoms with Crippen LogP contribution in [0, 0.1) is 6.65 Å². The van der Waals surface area contributed by atoms with Crippen LogP contribution in [0.5, 0.6) is 5.75 Å². The topological polar surface area (TPSA) is 99.7 Å². The summed E-state index contributed by atoms with van der Waals surface area (Å²) in [5, 5.41) is 13.1. The fourth-order valence-electron chi connectivity index (χ4n) is 1.03. The third-order valence-electron chi connectivity index (χ3n) is 1.85. The van der Waals surface area contributed by atoms with Crippen LogP contribution in [0.1, 0.15) is 5.56 Å². The van der Waals surface area contributed by atoms with Crippen LogP contribution in [0.2, 0.25) is 0 Å². The van der Waals surface area contributed by atoms with E-state index >= 15 is 0 Å². The van der Waals surface area contributed by atoms with Crippen molar-refractivity contribution in [3.8, 4) is 5.75 Å². The van der Waals surface area contributed by atoms with E-state index in [4.69, 9.17) is 14.6 Å². The molecule has 0 bridgehead atoms. The molecule has 0 aliphatic rings. The van der Waals surface area contributed by atoms with E-state index in [0.717, 1.165) is 5.56 Å². The summed E-state index contributed by atoms with van der Waals surface area (Å²) in [6, 6.07) is 6.65. The molecule has 0 aliphatic heterocycles. The fraction of sp³-hybridized carbons (Fsp3) is 0.273. The summed E-state index contributed by atoms with van der Waals surface area (Å²) in [5.41, 5.74) is 0.828. The summed E-state index contributed by atoms with van der Waals surface area (Å²) >= 11 is 0. The van der Waals surface area contributed by atoms with Crippen LogP contribution in [0.15, 0.2) is 24.3 Å². The first-order chi connectivity index (χ1) is 8.76. The van der Waals surface area contributed by atoms with Crippen LogP contribution in [-0.2, 0) is 16.1 Å². The van der Waals surface area contributed by atoms with E-state index < -0.39 is 0 Å². The van der Waals surface area contributed by atoms with Crippen molar-refractivity contribution in [3.05, 3.63) is 36.5 Å². The number of hydrogen-bond acceptors (Lipinski definition) is 4. The van der Waals surface area contributed by atoms with Crippen LogP contribution >= 0.6 is 0 Å². The zero-order chi connectivity index (χ0) is 13.8. The molecular weight excluding hydrogens is 240 g/mol. The van der Waals surface area contributed by atoms with Gasteiger partial charge in [-0.2, -0.15) is 0 Å². The number of nitrogens with one attached hydrogen (secondary N) is 2. The maximum atomic E-state index is 10.8. The van der Waals surface area contributed by atoms with Gasteiger partial charge in [-0.1, -0.05) is 12.1 Å². The average molecular weight is 254 g/mol. The molecule has 0 aliphatic carbocycles. The average Bonchev–Trinajstić information content (AvgIpc) is 2.43. The molecule has 1 aromatic rings. The van der Waals surface area contributed by atoms with Crippen LogP contribution in [0.4, 0.5) is 4.79 Å². The standard InChI is InChI=1S/C10H14N2O4.CO/c1-11-10(13)12-7-15-9-4-2-8(3-5-9)6-16-14;1-2/h2-5,14H,6-7H2,1H3,(H2,11,12,13);. The van der Waals surface area contributed by atoms with E-state index in [1.165, 1.54) is 7.05 Å².